The van der Waals surface area contributed by atoms with Crippen LogP contribution in [-0.4, -0.2) is 37.3 Å². The van der Waals surface area contributed by atoms with Crippen LogP contribution in [-0.2, 0) is 0 Å². The van der Waals surface area contributed by atoms with Crippen LogP contribution in [0.5, 0.6) is 0 Å². The molecule has 0 amide bonds. The molecule has 6 heteroatoms. The zero-order chi connectivity index (χ0) is 23.4. The molecule has 34 heavy (non-hydrogen) atoms. The summed E-state index contributed by atoms with van der Waals surface area (Å²) < 4.78 is 8.77. The molecule has 0 atom stereocenters. The highest BCUT2D eigenvalue weighted by Crippen LogP contribution is 2.42. The highest BCUT2D eigenvalue weighted by molar-refractivity contribution is 6.07. The number of benzene rings is 3. The van der Waals surface area contributed by atoms with E-state index in [9.17, 15) is 9.90 Å². The van der Waals surface area contributed by atoms with Crippen molar-refractivity contribution in [2.45, 2.75) is 6.92 Å². The number of fused-ring (bicyclic) bond motifs is 2. The molecule has 168 valence electrons. The molecule has 1 N–H and O–H groups in total. The smallest absolute Gasteiger partial charge is 0.336 e. The van der Waals surface area contributed by atoms with Gasteiger partial charge >= 0.3 is 5.97 Å². The first-order chi connectivity index (χ1) is 16.5. The van der Waals surface area contributed by atoms with E-state index in [0.717, 1.165) is 46.4 Å². The summed E-state index contributed by atoms with van der Waals surface area (Å²) in [5, 5.41) is 21.0. The highest BCUT2D eigenvalue weighted by atomic mass is 16.4. The second kappa shape index (κ2) is 7.74. The van der Waals surface area contributed by atoms with Crippen molar-refractivity contribution in [3.05, 3.63) is 71.6 Å². The Morgan fingerprint density at radius 1 is 1.09 bits per heavy atom. The fraction of sp³-hybridized carbons (Fsp3) is 0.250. The van der Waals surface area contributed by atoms with Gasteiger partial charge in [-0.05, 0) is 29.8 Å². The van der Waals surface area contributed by atoms with Gasteiger partial charge in [-0.15, -0.1) is 0 Å². The molecule has 3 heterocycles. The lowest BCUT2D eigenvalue weighted by Gasteiger charge is -2.37. The number of hydrogen-bond donors (Lipinski definition) is 1. The van der Waals surface area contributed by atoms with Gasteiger partial charge in [0, 0.05) is 47.4 Å². The Hall–Kier alpha value is -4.11. The van der Waals surface area contributed by atoms with Crippen LogP contribution in [0.1, 0.15) is 17.3 Å². The van der Waals surface area contributed by atoms with E-state index in [1.165, 1.54) is 0 Å². The first-order valence-electron chi connectivity index (χ1n) is 11.6. The number of hydrogen-bond acceptors (Lipinski definition) is 4. The fourth-order valence-corrected chi connectivity index (χ4v) is 5.12. The molecule has 1 aliphatic carbocycles. The maximum atomic E-state index is 12.1. The summed E-state index contributed by atoms with van der Waals surface area (Å²) in [6.45, 7) is 5.70. The third-order valence-corrected chi connectivity index (χ3v) is 6.97. The molecule has 2 aromatic rings. The molecule has 4 aliphatic rings. The summed E-state index contributed by atoms with van der Waals surface area (Å²) in [7, 11) is 0. The monoisotopic (exact) mass is 450 g/mol. The minimum atomic E-state index is -0.955. The van der Waals surface area contributed by atoms with E-state index in [0.29, 0.717) is 30.2 Å². The molecule has 0 unspecified atom stereocenters. The summed E-state index contributed by atoms with van der Waals surface area (Å²) in [6, 6.07) is 21.7. The van der Waals surface area contributed by atoms with E-state index < -0.39 is 5.97 Å². The van der Waals surface area contributed by atoms with Gasteiger partial charge in [0.05, 0.1) is 29.5 Å². The van der Waals surface area contributed by atoms with Crippen LogP contribution in [0, 0.1) is 23.2 Å². The second-order valence-corrected chi connectivity index (χ2v) is 9.43. The molecule has 0 aromatic heterocycles. The Kier molecular flexibility index (Phi) is 4.66. The van der Waals surface area contributed by atoms with Gasteiger partial charge in [0.1, 0.15) is 11.3 Å². The molecule has 0 bridgehead atoms. The molecule has 2 saturated heterocycles. The van der Waals surface area contributed by atoms with Gasteiger partial charge in [-0.1, -0.05) is 25.1 Å². The third-order valence-electron chi connectivity index (χ3n) is 6.97. The van der Waals surface area contributed by atoms with E-state index in [2.05, 4.69) is 34.6 Å². The largest absolute Gasteiger partial charge is 0.478 e. The maximum absolute atomic E-state index is 12.1. The van der Waals surface area contributed by atoms with Gasteiger partial charge in [0.25, 0.3) is 0 Å². The number of anilines is 1. The lowest BCUT2D eigenvalue weighted by molar-refractivity contribution is 0.0697. The molecule has 6 rings (SSSR count). The lowest BCUT2D eigenvalue weighted by atomic mass is 9.90. The van der Waals surface area contributed by atoms with E-state index in [1.54, 1.807) is 12.1 Å². The van der Waals surface area contributed by atoms with Crippen molar-refractivity contribution in [1.29, 1.82) is 5.26 Å². The highest BCUT2D eigenvalue weighted by Gasteiger charge is 2.29. The van der Waals surface area contributed by atoms with Crippen LogP contribution in [0.15, 0.2) is 65.1 Å². The molecule has 0 saturated carbocycles. The Morgan fingerprint density at radius 2 is 1.88 bits per heavy atom. The number of nitriles is 1. The maximum Gasteiger partial charge on any atom is 0.336 e. The zero-order valence-electron chi connectivity index (χ0n) is 18.9. The Balaban J connectivity index is 1.61. The van der Waals surface area contributed by atoms with Crippen LogP contribution >= 0.6 is 0 Å². The minimum absolute atomic E-state index is 0.0590. The zero-order valence-corrected chi connectivity index (χ0v) is 18.9. The summed E-state index contributed by atoms with van der Waals surface area (Å²) in [5.74, 6) is 0.515. The summed E-state index contributed by atoms with van der Waals surface area (Å²) in [4.78, 5) is 14.2. The molecule has 0 spiro atoms. The quantitative estimate of drug-likeness (QED) is 0.372. The molecular weight excluding hydrogens is 426 g/mol. The van der Waals surface area contributed by atoms with Gasteiger partial charge in [-0.25, -0.2) is 9.37 Å². The summed E-state index contributed by atoms with van der Waals surface area (Å²) in [6.07, 6.45) is 0. The van der Waals surface area contributed by atoms with Crippen molar-refractivity contribution in [3.8, 4) is 28.5 Å². The number of nitrogens with zero attached hydrogens (tertiary/aromatic N) is 3. The number of aromatic carboxylic acids is 1. The van der Waals surface area contributed by atoms with Gasteiger partial charge in [0.2, 0.25) is 5.36 Å². The average molecular weight is 451 g/mol. The van der Waals surface area contributed by atoms with Crippen molar-refractivity contribution in [2.75, 3.05) is 31.1 Å². The van der Waals surface area contributed by atoms with Crippen molar-refractivity contribution < 1.29 is 14.3 Å². The van der Waals surface area contributed by atoms with Crippen LogP contribution in [0.4, 0.5) is 5.69 Å². The first-order valence-corrected chi connectivity index (χ1v) is 11.6. The summed E-state index contributed by atoms with van der Waals surface area (Å²) >= 11 is 0. The van der Waals surface area contributed by atoms with Crippen molar-refractivity contribution >= 4 is 22.6 Å². The molecule has 2 fully saturated rings. The standard InChI is InChI=1S/C28H23N3O3/c1-17-13-30(14-17)19-6-8-23-25(10-19)34-26-11-20(31-15-18(12-29)16-31)7-9-24(26)27(23)21-4-2-3-5-22(21)28(32)33/h2-11,17-18H,13-16H2,1H3/p+1. The normalized spacial score (nSPS) is 17.9. The molecule has 6 nitrogen and oxygen atoms in total. The van der Waals surface area contributed by atoms with Crippen molar-refractivity contribution in [2.24, 2.45) is 11.8 Å². The minimum Gasteiger partial charge on any atom is -0.478 e. The number of rotatable bonds is 3. The average Bonchev–Trinajstić information content (AvgIpc) is 2.79. The predicted octanol–water partition coefficient (Wildman–Crippen LogP) is 4.28. The van der Waals surface area contributed by atoms with Crippen LogP contribution < -0.4 is 14.8 Å². The van der Waals surface area contributed by atoms with Gasteiger partial charge in [-0.2, -0.15) is 5.26 Å². The number of carboxylic acids is 1. The Morgan fingerprint density at radius 3 is 2.62 bits per heavy atom. The molecule has 3 aliphatic heterocycles. The van der Waals surface area contributed by atoms with Crippen LogP contribution in [0.25, 0.3) is 33.4 Å². The summed E-state index contributed by atoms with van der Waals surface area (Å²) in [5.41, 5.74) is 4.40. The van der Waals surface area contributed by atoms with Crippen LogP contribution in [0.2, 0.25) is 0 Å². The Bertz CT molecular complexity index is 1530. The Labute approximate surface area is 196 Å². The van der Waals surface area contributed by atoms with E-state index in [-0.39, 0.29) is 11.5 Å². The molecular formula is C28H24N3O3+. The lowest BCUT2D eigenvalue weighted by Crippen LogP contribution is -2.47. The number of carboxylic acid groups (broad SMARTS) is 1. The molecule has 2 aromatic carbocycles. The van der Waals surface area contributed by atoms with Gasteiger partial charge < -0.3 is 14.4 Å². The van der Waals surface area contributed by atoms with E-state index in [4.69, 9.17) is 9.68 Å². The topological polar surface area (TPSA) is 80.5 Å². The van der Waals surface area contributed by atoms with Crippen molar-refractivity contribution in [1.82, 2.24) is 4.58 Å². The van der Waals surface area contributed by atoms with E-state index >= 15 is 0 Å². The van der Waals surface area contributed by atoms with Gasteiger partial charge in [-0.3, -0.25) is 0 Å². The first kappa shape index (κ1) is 20.5. The van der Waals surface area contributed by atoms with Crippen molar-refractivity contribution in [3.63, 3.8) is 0 Å². The SMILES string of the molecule is CC1C[N+](=c2ccc3c(-c4ccccc4C(=O)O)c4ccc(N5CC(C#N)C5)cc4oc-3c2)C1. The third kappa shape index (κ3) is 3.24. The number of carbonyl (C=O) groups is 1. The second-order valence-electron chi connectivity index (χ2n) is 9.43. The van der Waals surface area contributed by atoms with Crippen LogP contribution in [0.3, 0.4) is 0 Å². The fourth-order valence-electron chi connectivity index (χ4n) is 5.12. The predicted molar refractivity (Wildman–Crippen MR) is 131 cm³/mol. The van der Waals surface area contributed by atoms with Gasteiger partial charge in [0.15, 0.2) is 13.1 Å². The van der Waals surface area contributed by atoms with E-state index in [1.807, 2.05) is 36.4 Å². The molecule has 0 radical (unpaired) electrons.